The van der Waals surface area contributed by atoms with Crippen molar-refractivity contribution >= 4 is 0 Å². The van der Waals surface area contributed by atoms with Gasteiger partial charge in [0.25, 0.3) is 0 Å². The summed E-state index contributed by atoms with van der Waals surface area (Å²) in [4.78, 5) is 0. The van der Waals surface area contributed by atoms with Crippen LogP contribution in [0.15, 0.2) is 12.2 Å². The second kappa shape index (κ2) is 17.6. The second-order valence-electron chi connectivity index (χ2n) is 14.6. The molecule has 9 unspecified atom stereocenters. The third kappa shape index (κ3) is 10.4. The Morgan fingerprint density at radius 1 is 1.02 bits per heavy atom. The highest BCUT2D eigenvalue weighted by Gasteiger charge is 2.55. The number of hydrogen-bond acceptors (Lipinski definition) is 5. The van der Waals surface area contributed by atoms with E-state index in [-0.39, 0.29) is 0 Å². The molecule has 9 atom stereocenters. The number of aliphatic hydroxyl groups is 1. The van der Waals surface area contributed by atoms with Crippen LogP contribution in [0.1, 0.15) is 127 Å². The Hall–Kier alpha value is -0.460. The molecule has 5 nitrogen and oxygen atoms in total. The number of allylic oxidation sites excluding steroid dienone is 2. The monoisotopic (exact) mass is 566 g/mol. The standard InChI is InChI=1S/C29H52O.C2H7N3.C2H6O.C2H6/c1-9-25-24-11-10-23-19-21(3)13-16-29(23,8)26(24)14-17-28(25,7)22(4)18-20(2)12-15-27(5,6)30;1-3-2-5-4-1;1-3-2;1-2/h10-11,20-26,30H,9,12-19H2,1-8H3;3-5H,1-2H2;1-2H3;1-2H3. The van der Waals surface area contributed by atoms with Gasteiger partial charge in [0.2, 0.25) is 0 Å². The van der Waals surface area contributed by atoms with Crippen LogP contribution in [0.2, 0.25) is 0 Å². The molecule has 3 fully saturated rings. The Morgan fingerprint density at radius 2 is 1.62 bits per heavy atom. The summed E-state index contributed by atoms with van der Waals surface area (Å²) in [6.45, 7) is 24.9. The average molecular weight is 566 g/mol. The lowest BCUT2D eigenvalue weighted by molar-refractivity contribution is -0.0865. The van der Waals surface area contributed by atoms with Gasteiger partial charge in [-0.2, -0.15) is 0 Å². The molecular weight excluding hydrogens is 494 g/mol. The largest absolute Gasteiger partial charge is 0.390 e. The molecule has 1 saturated heterocycles. The number of methoxy groups -OCH3 is 1. The molecule has 0 aromatic heterocycles. The van der Waals surface area contributed by atoms with Crippen LogP contribution in [0, 0.1) is 52.3 Å². The molecule has 4 rings (SSSR count). The smallest absolute Gasteiger partial charge is 0.0600 e. The van der Waals surface area contributed by atoms with E-state index < -0.39 is 5.60 Å². The van der Waals surface area contributed by atoms with Crippen molar-refractivity contribution < 1.29 is 9.84 Å². The predicted molar refractivity (Wildman–Crippen MR) is 174 cm³/mol. The maximum atomic E-state index is 10.1. The highest BCUT2D eigenvalue weighted by atomic mass is 16.4. The van der Waals surface area contributed by atoms with Crippen LogP contribution < -0.4 is 16.2 Å². The molecule has 0 spiro atoms. The fourth-order valence-corrected chi connectivity index (χ4v) is 8.44. The van der Waals surface area contributed by atoms with E-state index in [0.717, 1.165) is 61.7 Å². The van der Waals surface area contributed by atoms with Gasteiger partial charge in [0, 0.05) is 14.2 Å². The molecule has 4 aliphatic rings. The molecule has 0 amide bonds. The third-order valence-corrected chi connectivity index (χ3v) is 11.0. The summed E-state index contributed by atoms with van der Waals surface area (Å²) in [5.74, 6) is 5.69. The van der Waals surface area contributed by atoms with E-state index in [1.807, 2.05) is 27.7 Å². The molecule has 1 aliphatic heterocycles. The van der Waals surface area contributed by atoms with Crippen molar-refractivity contribution in [1.82, 2.24) is 16.2 Å². The Kier molecular flexibility index (Phi) is 16.5. The van der Waals surface area contributed by atoms with Gasteiger partial charge >= 0.3 is 0 Å². The number of hydrogen-bond donors (Lipinski definition) is 4. The maximum Gasteiger partial charge on any atom is 0.0600 e. The van der Waals surface area contributed by atoms with E-state index in [0.29, 0.717) is 16.7 Å². The number of nitrogens with one attached hydrogen (secondary N) is 3. The molecular formula is C35H71N3O2. The van der Waals surface area contributed by atoms with Crippen molar-refractivity contribution in [1.29, 1.82) is 0 Å². The summed E-state index contributed by atoms with van der Waals surface area (Å²) in [6, 6.07) is 0. The number of ether oxygens (including phenoxy) is 1. The summed E-state index contributed by atoms with van der Waals surface area (Å²) >= 11 is 0. The minimum atomic E-state index is -0.526. The molecule has 3 aliphatic carbocycles. The summed E-state index contributed by atoms with van der Waals surface area (Å²) in [7, 11) is 3.25. The van der Waals surface area contributed by atoms with Gasteiger partial charge < -0.3 is 9.84 Å². The van der Waals surface area contributed by atoms with Gasteiger partial charge in [-0.3, -0.25) is 5.32 Å². The lowest BCUT2D eigenvalue weighted by atomic mass is 9.44. The summed E-state index contributed by atoms with van der Waals surface area (Å²) in [5, 5.41) is 13.1. The fourth-order valence-electron chi connectivity index (χ4n) is 8.44. The summed E-state index contributed by atoms with van der Waals surface area (Å²) in [6.07, 6.45) is 17.2. The van der Waals surface area contributed by atoms with Crippen LogP contribution in [0.3, 0.4) is 0 Å². The van der Waals surface area contributed by atoms with Gasteiger partial charge in [0.15, 0.2) is 0 Å². The molecule has 4 N–H and O–H groups in total. The molecule has 238 valence electrons. The normalized spacial score (nSPS) is 36.3. The highest BCUT2D eigenvalue weighted by molar-refractivity contribution is 5.16. The maximum absolute atomic E-state index is 10.1. The zero-order chi connectivity index (χ0) is 30.6. The van der Waals surface area contributed by atoms with Crippen LogP contribution in [-0.2, 0) is 4.74 Å². The van der Waals surface area contributed by atoms with Crippen molar-refractivity contribution in [2.75, 3.05) is 27.6 Å². The van der Waals surface area contributed by atoms with E-state index in [1.165, 1.54) is 44.9 Å². The molecule has 5 heteroatoms. The number of hydrazine groups is 1. The van der Waals surface area contributed by atoms with Crippen molar-refractivity contribution in [3.05, 3.63) is 12.2 Å². The van der Waals surface area contributed by atoms with Gasteiger partial charge in [-0.25, -0.2) is 10.9 Å². The Bertz CT molecular complexity index is 696. The first-order valence-corrected chi connectivity index (χ1v) is 16.8. The van der Waals surface area contributed by atoms with Gasteiger partial charge in [0.1, 0.15) is 0 Å². The number of rotatable bonds is 7. The van der Waals surface area contributed by atoms with Crippen molar-refractivity contribution in [2.45, 2.75) is 133 Å². The van der Waals surface area contributed by atoms with Crippen LogP contribution >= 0.6 is 0 Å². The van der Waals surface area contributed by atoms with Crippen LogP contribution in [-0.4, -0.2) is 38.3 Å². The van der Waals surface area contributed by atoms with Crippen molar-refractivity contribution in [2.24, 2.45) is 52.3 Å². The molecule has 0 radical (unpaired) electrons. The highest BCUT2D eigenvalue weighted by Crippen LogP contribution is 2.63. The van der Waals surface area contributed by atoms with Gasteiger partial charge in [-0.1, -0.05) is 80.4 Å². The van der Waals surface area contributed by atoms with E-state index in [9.17, 15) is 5.11 Å². The van der Waals surface area contributed by atoms with Gasteiger partial charge in [-0.15, -0.1) is 0 Å². The van der Waals surface area contributed by atoms with Crippen LogP contribution in [0.5, 0.6) is 0 Å². The Balaban J connectivity index is 0.000000685. The Morgan fingerprint density at radius 3 is 2.12 bits per heavy atom. The van der Waals surface area contributed by atoms with Crippen LogP contribution in [0.25, 0.3) is 0 Å². The van der Waals surface area contributed by atoms with E-state index in [4.69, 9.17) is 0 Å². The minimum Gasteiger partial charge on any atom is -0.390 e. The lowest BCUT2D eigenvalue weighted by Crippen LogP contribution is -2.53. The zero-order valence-corrected chi connectivity index (χ0v) is 28.8. The zero-order valence-electron chi connectivity index (χ0n) is 28.8. The first-order chi connectivity index (χ1) is 18.8. The third-order valence-electron chi connectivity index (χ3n) is 11.0. The first kappa shape index (κ1) is 37.6. The molecule has 0 aromatic carbocycles. The molecule has 40 heavy (non-hydrogen) atoms. The average Bonchev–Trinajstić information content (AvgIpc) is 3.49. The summed E-state index contributed by atoms with van der Waals surface area (Å²) in [5.41, 5.74) is 6.19. The summed E-state index contributed by atoms with van der Waals surface area (Å²) < 4.78 is 4.25. The quantitative estimate of drug-likeness (QED) is 0.235. The van der Waals surface area contributed by atoms with E-state index in [1.54, 1.807) is 14.2 Å². The lowest BCUT2D eigenvalue weighted by Gasteiger charge is -2.60. The number of fused-ring (bicyclic) bond motifs is 3. The minimum absolute atomic E-state index is 0.453. The fraction of sp³-hybridized carbons (Fsp3) is 0.943. The van der Waals surface area contributed by atoms with Gasteiger partial charge in [-0.05, 0) is 111 Å². The van der Waals surface area contributed by atoms with Crippen molar-refractivity contribution in [3.63, 3.8) is 0 Å². The Labute approximate surface area is 250 Å². The van der Waals surface area contributed by atoms with E-state index in [2.05, 4.69) is 74.6 Å². The second-order valence-corrected chi connectivity index (χ2v) is 14.6. The first-order valence-electron chi connectivity index (χ1n) is 16.8. The molecule has 0 bridgehead atoms. The van der Waals surface area contributed by atoms with E-state index >= 15 is 0 Å². The molecule has 0 aromatic rings. The van der Waals surface area contributed by atoms with Gasteiger partial charge in [0.05, 0.1) is 18.9 Å². The predicted octanol–water partition coefficient (Wildman–Crippen LogP) is 8.16. The molecule has 2 saturated carbocycles. The van der Waals surface area contributed by atoms with Crippen LogP contribution in [0.4, 0.5) is 0 Å². The topological polar surface area (TPSA) is 65.5 Å². The van der Waals surface area contributed by atoms with Crippen molar-refractivity contribution in [3.8, 4) is 0 Å². The molecule has 1 heterocycles. The SMILES string of the molecule is C1NCNN1.CC.CCC1C2C=CC3CC(C)CCC3(C)C2CCC1(C)C(C)CC(C)CCC(C)(C)O.COC.